The van der Waals surface area contributed by atoms with Gasteiger partial charge in [-0.05, 0) is 26.0 Å². The molecule has 0 N–H and O–H groups in total. The monoisotopic (exact) mass is 289 g/mol. The molecule has 112 valence electrons. The molecule has 4 atom stereocenters. The molecule has 0 bridgehead atoms. The largest absolute Gasteiger partial charge is 0.445 e. The van der Waals surface area contributed by atoms with Crippen LogP contribution < -0.4 is 0 Å². The molecule has 2 saturated heterocycles. The van der Waals surface area contributed by atoms with Crippen molar-refractivity contribution in [1.29, 1.82) is 0 Å². The van der Waals surface area contributed by atoms with E-state index in [2.05, 4.69) is 4.99 Å². The lowest BCUT2D eigenvalue weighted by Gasteiger charge is -2.21. The van der Waals surface area contributed by atoms with E-state index in [0.717, 1.165) is 12.0 Å². The van der Waals surface area contributed by atoms with E-state index in [-0.39, 0.29) is 24.5 Å². The predicted molar refractivity (Wildman–Crippen MR) is 76.0 cm³/mol. The minimum absolute atomic E-state index is 0.0113. The lowest BCUT2D eigenvalue weighted by atomic mass is 10.1. The first-order chi connectivity index (χ1) is 10.1. The normalized spacial score (nSPS) is 37.1. The van der Waals surface area contributed by atoms with Crippen molar-refractivity contribution in [3.05, 3.63) is 35.9 Å². The second-order valence-electron chi connectivity index (χ2n) is 6.13. The zero-order valence-corrected chi connectivity index (χ0v) is 12.2. The second kappa shape index (κ2) is 4.80. The van der Waals surface area contributed by atoms with Crippen molar-refractivity contribution < 1.29 is 18.9 Å². The van der Waals surface area contributed by atoms with E-state index in [4.69, 9.17) is 18.9 Å². The van der Waals surface area contributed by atoms with E-state index in [1.54, 1.807) is 0 Å². The Bertz CT molecular complexity index is 557. The van der Waals surface area contributed by atoms with Gasteiger partial charge in [0.2, 0.25) is 12.2 Å². The molecule has 21 heavy (non-hydrogen) atoms. The van der Waals surface area contributed by atoms with Crippen LogP contribution in [-0.2, 0) is 18.9 Å². The van der Waals surface area contributed by atoms with Crippen molar-refractivity contribution >= 4 is 5.90 Å². The van der Waals surface area contributed by atoms with Crippen molar-refractivity contribution in [2.24, 2.45) is 4.99 Å². The summed E-state index contributed by atoms with van der Waals surface area (Å²) >= 11 is 0. The van der Waals surface area contributed by atoms with Crippen LogP contribution in [-0.4, -0.2) is 42.8 Å². The average Bonchev–Trinajstić information content (AvgIpc) is 3.11. The van der Waals surface area contributed by atoms with E-state index < -0.39 is 5.79 Å². The minimum atomic E-state index is -0.523. The van der Waals surface area contributed by atoms with Crippen LogP contribution in [0.4, 0.5) is 0 Å². The van der Waals surface area contributed by atoms with Gasteiger partial charge in [-0.15, -0.1) is 0 Å². The third-order valence-electron chi connectivity index (χ3n) is 4.07. The molecule has 3 aliphatic heterocycles. The van der Waals surface area contributed by atoms with Crippen molar-refractivity contribution in [2.45, 2.75) is 50.6 Å². The molecular formula is C16H19NO4. The standard InChI is InChI=1S/C16H19NO4/c1-16(2)18-9-13(21-16)12-8-11-15(19-12)20-14(17-11)10-6-4-3-5-7-10/h3-7,11-13,15H,8-9H2,1-2H3/t11-,12+,13-,15-/m1/s1. The minimum Gasteiger partial charge on any atom is -0.445 e. The summed E-state index contributed by atoms with van der Waals surface area (Å²) in [5, 5.41) is 0. The highest BCUT2D eigenvalue weighted by atomic mass is 16.8. The van der Waals surface area contributed by atoms with Gasteiger partial charge in [-0.25, -0.2) is 4.99 Å². The molecule has 1 aromatic carbocycles. The van der Waals surface area contributed by atoms with Gasteiger partial charge >= 0.3 is 0 Å². The topological polar surface area (TPSA) is 49.3 Å². The Kier molecular flexibility index (Phi) is 3.03. The molecular weight excluding hydrogens is 270 g/mol. The smallest absolute Gasteiger partial charge is 0.224 e. The Morgan fingerprint density at radius 1 is 1.14 bits per heavy atom. The molecule has 0 spiro atoms. The molecule has 0 saturated carbocycles. The van der Waals surface area contributed by atoms with E-state index in [9.17, 15) is 0 Å². The van der Waals surface area contributed by atoms with Crippen LogP contribution in [0.2, 0.25) is 0 Å². The van der Waals surface area contributed by atoms with Gasteiger partial charge in [0, 0.05) is 12.0 Å². The van der Waals surface area contributed by atoms with Crippen LogP contribution in [0.15, 0.2) is 35.3 Å². The first-order valence-corrected chi connectivity index (χ1v) is 7.38. The lowest BCUT2D eigenvalue weighted by molar-refractivity contribution is -0.165. The van der Waals surface area contributed by atoms with Crippen LogP contribution in [0, 0.1) is 0 Å². The maximum Gasteiger partial charge on any atom is 0.224 e. The highest BCUT2D eigenvalue weighted by molar-refractivity contribution is 5.95. The summed E-state index contributed by atoms with van der Waals surface area (Å²) < 4.78 is 23.3. The Balaban J connectivity index is 1.44. The van der Waals surface area contributed by atoms with Crippen LogP contribution >= 0.6 is 0 Å². The van der Waals surface area contributed by atoms with Gasteiger partial charge in [0.25, 0.3) is 0 Å². The molecule has 3 aliphatic rings. The van der Waals surface area contributed by atoms with Gasteiger partial charge < -0.3 is 18.9 Å². The first kappa shape index (κ1) is 13.2. The van der Waals surface area contributed by atoms with Gasteiger partial charge in [0.1, 0.15) is 12.1 Å². The van der Waals surface area contributed by atoms with Crippen LogP contribution in [0.25, 0.3) is 0 Å². The summed E-state index contributed by atoms with van der Waals surface area (Å²) in [5.41, 5.74) is 0.994. The number of nitrogens with zero attached hydrogens (tertiary/aromatic N) is 1. The predicted octanol–water partition coefficient (Wildman–Crippen LogP) is 2.10. The zero-order chi connectivity index (χ0) is 14.4. The average molecular weight is 289 g/mol. The van der Waals surface area contributed by atoms with Crippen LogP contribution in [0.1, 0.15) is 25.8 Å². The molecule has 0 radical (unpaired) electrons. The second-order valence-corrected chi connectivity index (χ2v) is 6.13. The summed E-state index contributed by atoms with van der Waals surface area (Å²) in [4.78, 5) is 4.65. The molecule has 0 aliphatic carbocycles. The lowest BCUT2D eigenvalue weighted by Crippen LogP contribution is -2.31. The number of aliphatic imine (C=N–C) groups is 1. The Labute approximate surface area is 123 Å². The number of ether oxygens (including phenoxy) is 4. The fourth-order valence-corrected chi connectivity index (χ4v) is 3.04. The summed E-state index contributed by atoms with van der Waals surface area (Å²) in [6.45, 7) is 4.41. The highest BCUT2D eigenvalue weighted by Gasteiger charge is 2.48. The van der Waals surface area contributed by atoms with E-state index in [1.165, 1.54) is 0 Å². The Morgan fingerprint density at radius 3 is 2.62 bits per heavy atom. The van der Waals surface area contributed by atoms with E-state index in [0.29, 0.717) is 12.5 Å². The fraction of sp³-hybridized carbons (Fsp3) is 0.562. The molecule has 2 fully saturated rings. The molecule has 0 unspecified atom stereocenters. The van der Waals surface area contributed by atoms with Crippen LogP contribution in [0.5, 0.6) is 0 Å². The molecule has 1 aromatic rings. The maximum absolute atomic E-state index is 5.97. The van der Waals surface area contributed by atoms with Crippen molar-refractivity contribution in [2.75, 3.05) is 6.61 Å². The van der Waals surface area contributed by atoms with Crippen molar-refractivity contribution in [3.63, 3.8) is 0 Å². The fourth-order valence-electron chi connectivity index (χ4n) is 3.04. The SMILES string of the molecule is CC1(C)OC[C@H]([C@@H]2C[C@H]3N=C(c4ccccc4)O[C@H]3O2)O1. The quantitative estimate of drug-likeness (QED) is 0.836. The molecule has 5 nitrogen and oxygen atoms in total. The third-order valence-corrected chi connectivity index (χ3v) is 4.07. The Morgan fingerprint density at radius 2 is 1.95 bits per heavy atom. The first-order valence-electron chi connectivity index (χ1n) is 7.38. The number of fused-ring (bicyclic) bond motifs is 1. The summed E-state index contributed by atoms with van der Waals surface area (Å²) in [5.74, 6) is 0.151. The van der Waals surface area contributed by atoms with Gasteiger partial charge in [-0.2, -0.15) is 0 Å². The zero-order valence-electron chi connectivity index (χ0n) is 12.2. The van der Waals surface area contributed by atoms with Crippen LogP contribution in [0.3, 0.4) is 0 Å². The molecule has 5 heteroatoms. The van der Waals surface area contributed by atoms with Gasteiger partial charge in [-0.3, -0.25) is 0 Å². The molecule has 3 heterocycles. The number of hydrogen-bond donors (Lipinski definition) is 0. The molecule has 4 rings (SSSR count). The number of hydrogen-bond acceptors (Lipinski definition) is 5. The van der Waals surface area contributed by atoms with Crippen molar-refractivity contribution in [1.82, 2.24) is 0 Å². The summed E-state index contributed by atoms with van der Waals surface area (Å²) in [7, 11) is 0. The summed E-state index contributed by atoms with van der Waals surface area (Å²) in [6.07, 6.45) is 0.468. The third kappa shape index (κ3) is 2.46. The number of benzene rings is 1. The van der Waals surface area contributed by atoms with Gasteiger partial charge in [0.05, 0.1) is 12.7 Å². The van der Waals surface area contributed by atoms with E-state index >= 15 is 0 Å². The van der Waals surface area contributed by atoms with Gasteiger partial charge in [0.15, 0.2) is 5.79 Å². The summed E-state index contributed by atoms with van der Waals surface area (Å²) in [6, 6.07) is 9.97. The number of rotatable bonds is 2. The Hall–Kier alpha value is -1.43. The van der Waals surface area contributed by atoms with Crippen molar-refractivity contribution in [3.8, 4) is 0 Å². The highest BCUT2D eigenvalue weighted by Crippen LogP contribution is 2.36. The van der Waals surface area contributed by atoms with Gasteiger partial charge in [-0.1, -0.05) is 18.2 Å². The molecule has 0 aromatic heterocycles. The van der Waals surface area contributed by atoms with E-state index in [1.807, 2.05) is 44.2 Å². The maximum atomic E-state index is 5.97. The molecule has 0 amide bonds.